The lowest BCUT2D eigenvalue weighted by molar-refractivity contribution is -0.290. The summed E-state index contributed by atoms with van der Waals surface area (Å²) >= 11 is 3.56. The van der Waals surface area contributed by atoms with E-state index in [2.05, 4.69) is 10.6 Å². The van der Waals surface area contributed by atoms with E-state index >= 15 is 0 Å². The van der Waals surface area contributed by atoms with Crippen LogP contribution in [-0.2, 0) is 14.8 Å². The van der Waals surface area contributed by atoms with Crippen LogP contribution in [0.3, 0.4) is 0 Å². The standard InChI is InChI=1S/C20H36N3O3S2/c1-19(2)12-15(13-20(3,4)23(19)26)21-18(25)16(8-9-27-5)22-17(24)14-6-10-28-11-7-14/h14-16H,6-13H2,1-5H3,(H,21,25)(H,22,24). The van der Waals surface area contributed by atoms with E-state index in [0.29, 0.717) is 19.3 Å². The molecule has 2 aliphatic heterocycles. The molecular weight excluding hydrogens is 394 g/mol. The van der Waals surface area contributed by atoms with Crippen molar-refractivity contribution in [2.75, 3.05) is 23.5 Å². The van der Waals surface area contributed by atoms with Crippen LogP contribution in [0.5, 0.6) is 0 Å². The number of nitrogens with zero attached hydrogens (tertiary/aromatic N) is 1. The Morgan fingerprint density at radius 3 is 2.25 bits per heavy atom. The maximum atomic E-state index is 13.0. The van der Waals surface area contributed by atoms with Gasteiger partial charge in [0.2, 0.25) is 11.8 Å². The molecule has 0 aromatic carbocycles. The molecule has 2 heterocycles. The zero-order valence-corrected chi connectivity index (χ0v) is 19.5. The summed E-state index contributed by atoms with van der Waals surface area (Å²) in [6, 6.07) is -0.575. The van der Waals surface area contributed by atoms with Crippen LogP contribution in [0.2, 0.25) is 0 Å². The Bertz CT molecular complexity index is 533. The first-order valence-corrected chi connectivity index (χ1v) is 12.8. The van der Waals surface area contributed by atoms with Crippen molar-refractivity contribution in [3.63, 3.8) is 0 Å². The minimum Gasteiger partial charge on any atom is -0.351 e. The Kier molecular flexibility index (Phi) is 8.55. The summed E-state index contributed by atoms with van der Waals surface area (Å²) in [5.41, 5.74) is -1.06. The van der Waals surface area contributed by atoms with E-state index in [1.807, 2.05) is 45.7 Å². The molecule has 0 bridgehead atoms. The highest BCUT2D eigenvalue weighted by Gasteiger charge is 2.46. The van der Waals surface area contributed by atoms with E-state index in [0.717, 1.165) is 35.2 Å². The van der Waals surface area contributed by atoms with Crippen LogP contribution in [0.4, 0.5) is 0 Å². The molecule has 161 valence electrons. The maximum absolute atomic E-state index is 13.0. The summed E-state index contributed by atoms with van der Waals surface area (Å²) in [6.45, 7) is 7.70. The van der Waals surface area contributed by atoms with Gasteiger partial charge in [0.1, 0.15) is 6.04 Å². The lowest BCUT2D eigenvalue weighted by Crippen LogP contribution is -2.63. The van der Waals surface area contributed by atoms with Crippen LogP contribution in [0.1, 0.15) is 59.8 Å². The van der Waals surface area contributed by atoms with Gasteiger partial charge in [0.15, 0.2) is 0 Å². The van der Waals surface area contributed by atoms with E-state index in [4.69, 9.17) is 0 Å². The predicted molar refractivity (Wildman–Crippen MR) is 117 cm³/mol. The van der Waals surface area contributed by atoms with Crippen LogP contribution in [0.15, 0.2) is 0 Å². The fraction of sp³-hybridized carbons (Fsp3) is 0.900. The molecule has 8 heteroatoms. The van der Waals surface area contributed by atoms with Crippen LogP contribution in [-0.4, -0.2) is 63.6 Å². The number of nitrogens with one attached hydrogen (secondary N) is 2. The van der Waals surface area contributed by atoms with Crippen LogP contribution >= 0.6 is 23.5 Å². The van der Waals surface area contributed by atoms with Crippen LogP contribution in [0, 0.1) is 5.92 Å². The third-order valence-corrected chi connectivity index (χ3v) is 7.47. The number of hydrogen-bond donors (Lipinski definition) is 2. The molecule has 6 nitrogen and oxygen atoms in total. The van der Waals surface area contributed by atoms with Gasteiger partial charge in [0.25, 0.3) is 0 Å². The molecule has 1 atom stereocenters. The monoisotopic (exact) mass is 430 g/mol. The third-order valence-electron chi connectivity index (χ3n) is 5.77. The van der Waals surface area contributed by atoms with Crippen molar-refractivity contribution >= 4 is 35.3 Å². The van der Waals surface area contributed by atoms with E-state index in [1.54, 1.807) is 11.8 Å². The molecule has 2 saturated heterocycles. The van der Waals surface area contributed by atoms with Gasteiger partial charge < -0.3 is 10.6 Å². The number of piperidine rings is 1. The highest BCUT2D eigenvalue weighted by atomic mass is 32.2. The Labute approximate surface area is 178 Å². The van der Waals surface area contributed by atoms with Crippen molar-refractivity contribution in [1.82, 2.24) is 15.7 Å². The Morgan fingerprint density at radius 1 is 1.14 bits per heavy atom. The van der Waals surface area contributed by atoms with Gasteiger partial charge >= 0.3 is 0 Å². The predicted octanol–water partition coefficient (Wildman–Crippen LogP) is 2.85. The first kappa shape index (κ1) is 23.8. The maximum Gasteiger partial charge on any atom is 0.242 e. The van der Waals surface area contributed by atoms with Gasteiger partial charge in [0.05, 0.1) is 0 Å². The van der Waals surface area contributed by atoms with Crippen LogP contribution < -0.4 is 10.6 Å². The highest BCUT2D eigenvalue weighted by Crippen LogP contribution is 2.37. The molecule has 0 aromatic heterocycles. The van der Waals surface area contributed by atoms with Gasteiger partial charge in [0, 0.05) is 23.0 Å². The average Bonchev–Trinajstić information content (AvgIpc) is 2.63. The molecular formula is C20H36N3O3S2. The molecule has 0 aromatic rings. The topological polar surface area (TPSA) is 81.3 Å². The van der Waals surface area contributed by atoms with Gasteiger partial charge in [-0.3, -0.25) is 9.59 Å². The van der Waals surface area contributed by atoms with Crippen molar-refractivity contribution < 1.29 is 14.8 Å². The summed E-state index contributed by atoms with van der Waals surface area (Å²) in [5, 5.41) is 19.9. The van der Waals surface area contributed by atoms with Crippen molar-refractivity contribution in [3.05, 3.63) is 0 Å². The number of thioether (sulfide) groups is 2. The van der Waals surface area contributed by atoms with Crippen molar-refractivity contribution in [3.8, 4) is 0 Å². The normalized spacial score (nSPS) is 24.5. The van der Waals surface area contributed by atoms with E-state index in [-0.39, 0.29) is 23.8 Å². The quantitative estimate of drug-likeness (QED) is 0.649. The van der Waals surface area contributed by atoms with Gasteiger partial charge in [-0.15, -0.1) is 10.3 Å². The molecule has 1 radical (unpaired) electrons. The molecule has 2 rings (SSSR count). The first-order valence-electron chi connectivity index (χ1n) is 10.2. The number of carbonyl (C=O) groups excluding carboxylic acids is 2. The van der Waals surface area contributed by atoms with Crippen LogP contribution in [0.25, 0.3) is 0 Å². The first-order chi connectivity index (χ1) is 13.1. The van der Waals surface area contributed by atoms with Crippen molar-refractivity contribution in [1.29, 1.82) is 0 Å². The zero-order valence-electron chi connectivity index (χ0n) is 17.9. The minimum atomic E-state index is -0.530. The minimum absolute atomic E-state index is 0.0107. The molecule has 0 saturated carbocycles. The fourth-order valence-corrected chi connectivity index (χ4v) is 6.00. The second-order valence-electron chi connectivity index (χ2n) is 9.26. The average molecular weight is 431 g/mol. The molecule has 2 aliphatic rings. The summed E-state index contributed by atoms with van der Waals surface area (Å²) in [4.78, 5) is 25.7. The lowest BCUT2D eigenvalue weighted by atomic mass is 9.79. The second kappa shape index (κ2) is 10.0. The number of hydroxylamine groups is 2. The lowest BCUT2D eigenvalue weighted by Gasteiger charge is -2.50. The molecule has 0 spiro atoms. The molecule has 1 unspecified atom stereocenters. The molecule has 0 aliphatic carbocycles. The van der Waals surface area contributed by atoms with Gasteiger partial charge in [-0.1, -0.05) is 0 Å². The zero-order chi connectivity index (χ0) is 20.9. The Hall–Kier alpha value is -0.440. The smallest absolute Gasteiger partial charge is 0.242 e. The largest absolute Gasteiger partial charge is 0.351 e. The number of amides is 2. The highest BCUT2D eigenvalue weighted by molar-refractivity contribution is 7.99. The summed E-state index contributed by atoms with van der Waals surface area (Å²) in [6.07, 6.45) is 5.61. The van der Waals surface area contributed by atoms with Gasteiger partial charge in [-0.25, -0.2) is 0 Å². The second-order valence-corrected chi connectivity index (χ2v) is 11.5. The third kappa shape index (κ3) is 6.28. The Morgan fingerprint density at radius 2 is 1.71 bits per heavy atom. The summed E-state index contributed by atoms with van der Waals surface area (Å²) in [5.74, 6) is 2.75. The summed E-state index contributed by atoms with van der Waals surface area (Å²) in [7, 11) is 0. The van der Waals surface area contributed by atoms with E-state index in [1.165, 1.54) is 0 Å². The Balaban J connectivity index is 2.00. The number of rotatable bonds is 7. The van der Waals surface area contributed by atoms with E-state index < -0.39 is 17.1 Å². The molecule has 2 amide bonds. The molecule has 2 N–H and O–H groups in total. The van der Waals surface area contributed by atoms with Crippen molar-refractivity contribution in [2.24, 2.45) is 5.92 Å². The molecule has 2 fully saturated rings. The van der Waals surface area contributed by atoms with Gasteiger partial charge in [-0.2, -0.15) is 23.5 Å². The number of carbonyl (C=O) groups is 2. The fourth-order valence-electron chi connectivity index (χ4n) is 4.42. The van der Waals surface area contributed by atoms with E-state index in [9.17, 15) is 14.8 Å². The summed E-state index contributed by atoms with van der Waals surface area (Å²) < 4.78 is 0. The van der Waals surface area contributed by atoms with Crippen molar-refractivity contribution in [2.45, 2.75) is 83.0 Å². The number of hydrogen-bond acceptors (Lipinski definition) is 5. The SMILES string of the molecule is CSCCC(NC(=O)C1CCSCC1)C(=O)NC1CC(C)(C)N([O])C(C)(C)C1. The van der Waals surface area contributed by atoms with Gasteiger partial charge in [-0.05, 0) is 83.3 Å². The molecule has 28 heavy (non-hydrogen) atoms.